The van der Waals surface area contributed by atoms with Crippen LogP contribution in [0.15, 0.2) is 78.9 Å². The van der Waals surface area contributed by atoms with Gasteiger partial charge in [0.05, 0.1) is 0 Å². The minimum Gasteiger partial charge on any atom is -0.403 e. The Hall–Kier alpha value is -3.34. The van der Waals surface area contributed by atoms with E-state index >= 15 is 0 Å². The number of alkyl halides is 3. The van der Waals surface area contributed by atoms with E-state index in [4.69, 9.17) is 0 Å². The Bertz CT molecular complexity index is 1280. The molecule has 0 fully saturated rings. The second-order valence-corrected chi connectivity index (χ2v) is 8.83. The zero-order chi connectivity index (χ0) is 24.8. The third kappa shape index (κ3) is 6.62. The molecule has 182 valence electrons. The molecule has 0 saturated carbocycles. The van der Waals surface area contributed by atoms with Crippen LogP contribution < -0.4 is 4.74 Å². The highest BCUT2D eigenvalue weighted by molar-refractivity contribution is 5.88. The van der Waals surface area contributed by atoms with E-state index in [1.807, 2.05) is 24.3 Å². The van der Waals surface area contributed by atoms with E-state index in [9.17, 15) is 17.6 Å². The van der Waals surface area contributed by atoms with Crippen LogP contribution in [0, 0.1) is 5.82 Å². The Morgan fingerprint density at radius 2 is 1.20 bits per heavy atom. The summed E-state index contributed by atoms with van der Waals surface area (Å²) in [5, 5.41) is 2.39. The van der Waals surface area contributed by atoms with E-state index < -0.39 is 17.9 Å². The first-order valence-corrected chi connectivity index (χ1v) is 12.0. The molecule has 0 N–H and O–H groups in total. The van der Waals surface area contributed by atoms with Gasteiger partial charge < -0.3 is 4.74 Å². The first kappa shape index (κ1) is 24.8. The Morgan fingerprint density at radius 1 is 0.629 bits per heavy atom. The van der Waals surface area contributed by atoms with Crippen LogP contribution in [0.4, 0.5) is 17.6 Å². The molecule has 0 unspecified atom stereocenters. The number of benzene rings is 4. The maximum absolute atomic E-state index is 14.1. The second kappa shape index (κ2) is 10.9. The van der Waals surface area contributed by atoms with Gasteiger partial charge in [0, 0.05) is 0 Å². The zero-order valence-corrected chi connectivity index (χ0v) is 19.7. The van der Waals surface area contributed by atoms with Gasteiger partial charge >= 0.3 is 6.36 Å². The van der Waals surface area contributed by atoms with Gasteiger partial charge in [-0.25, -0.2) is 4.39 Å². The van der Waals surface area contributed by atoms with Crippen LogP contribution >= 0.6 is 0 Å². The van der Waals surface area contributed by atoms with Crippen molar-refractivity contribution in [2.75, 3.05) is 0 Å². The normalized spacial score (nSPS) is 11.7. The Kier molecular flexibility index (Phi) is 7.74. The molecule has 0 radical (unpaired) electrons. The van der Waals surface area contributed by atoms with E-state index in [1.165, 1.54) is 54.5 Å². The molecule has 0 amide bonds. The third-order valence-electron chi connectivity index (χ3n) is 6.18. The van der Waals surface area contributed by atoms with Gasteiger partial charge in [-0.05, 0) is 69.6 Å². The van der Waals surface area contributed by atoms with Gasteiger partial charge in [0.25, 0.3) is 0 Å². The number of unbranched alkanes of at least 4 members (excludes halogenated alkanes) is 4. The lowest BCUT2D eigenvalue weighted by molar-refractivity contribution is -0.275. The first-order valence-electron chi connectivity index (χ1n) is 12.0. The summed E-state index contributed by atoms with van der Waals surface area (Å²) in [6.45, 7) is 2.23. The minimum absolute atomic E-state index is 0.476. The molecule has 0 aliphatic heterocycles. The van der Waals surface area contributed by atoms with Gasteiger partial charge in [-0.1, -0.05) is 93.3 Å². The molecule has 5 heteroatoms. The summed E-state index contributed by atoms with van der Waals surface area (Å²) in [6, 6.07) is 24.0. The van der Waals surface area contributed by atoms with Crippen molar-refractivity contribution in [1.29, 1.82) is 0 Å². The summed E-state index contributed by atoms with van der Waals surface area (Å²) < 4.78 is 54.9. The molecule has 1 nitrogen and oxygen atoms in total. The van der Waals surface area contributed by atoms with Crippen molar-refractivity contribution >= 4 is 10.8 Å². The molecule has 0 aliphatic rings. The van der Waals surface area contributed by atoms with Crippen molar-refractivity contribution in [2.45, 2.75) is 51.8 Å². The fourth-order valence-corrected chi connectivity index (χ4v) is 4.31. The predicted molar refractivity (Wildman–Crippen MR) is 134 cm³/mol. The molecular formula is C30H28F4O. The van der Waals surface area contributed by atoms with Crippen molar-refractivity contribution in [3.63, 3.8) is 0 Å². The van der Waals surface area contributed by atoms with E-state index in [0.717, 1.165) is 29.7 Å². The number of hydrogen-bond acceptors (Lipinski definition) is 1. The van der Waals surface area contributed by atoms with E-state index in [-0.39, 0.29) is 0 Å². The van der Waals surface area contributed by atoms with Gasteiger partial charge in [0.1, 0.15) is 0 Å². The summed E-state index contributed by atoms with van der Waals surface area (Å²) in [4.78, 5) is 0. The molecule has 4 aromatic carbocycles. The molecule has 0 aromatic heterocycles. The monoisotopic (exact) mass is 480 g/mol. The lowest BCUT2D eigenvalue weighted by atomic mass is 9.97. The topological polar surface area (TPSA) is 9.23 Å². The standard InChI is InChI=1S/C30H28F4O/c1-2-3-4-5-6-7-21-8-9-26-19-25(15-14-24(26)18-21)22-10-12-23(13-11-22)27-16-17-29(28(31)20-27)35-30(32,33)34/h8-20H,2-7H2,1H3. The van der Waals surface area contributed by atoms with Crippen LogP contribution in [0.2, 0.25) is 0 Å². The van der Waals surface area contributed by atoms with Gasteiger partial charge in [-0.3, -0.25) is 0 Å². The van der Waals surface area contributed by atoms with E-state index in [0.29, 0.717) is 11.1 Å². The van der Waals surface area contributed by atoms with Crippen LogP contribution in [0.3, 0.4) is 0 Å². The first-order chi connectivity index (χ1) is 16.8. The van der Waals surface area contributed by atoms with E-state index in [2.05, 4.69) is 48.1 Å². The predicted octanol–water partition coefficient (Wildman–Crippen LogP) is 9.72. The number of aryl methyl sites for hydroxylation is 1. The quantitative estimate of drug-likeness (QED) is 0.171. The largest absolute Gasteiger partial charge is 0.573 e. The van der Waals surface area contributed by atoms with Crippen LogP contribution in [-0.4, -0.2) is 6.36 Å². The number of ether oxygens (including phenoxy) is 1. The maximum Gasteiger partial charge on any atom is 0.573 e. The molecule has 0 bridgehead atoms. The summed E-state index contributed by atoms with van der Waals surface area (Å²) in [5.74, 6) is -1.90. The SMILES string of the molecule is CCCCCCCc1ccc2cc(-c3ccc(-c4ccc(OC(F)(F)F)c(F)c4)cc3)ccc2c1. The molecule has 4 rings (SSSR count). The fourth-order valence-electron chi connectivity index (χ4n) is 4.31. The van der Waals surface area contributed by atoms with Gasteiger partial charge in [0.15, 0.2) is 11.6 Å². The third-order valence-corrected chi connectivity index (χ3v) is 6.18. The van der Waals surface area contributed by atoms with Crippen molar-refractivity contribution < 1.29 is 22.3 Å². The van der Waals surface area contributed by atoms with Crippen LogP contribution in [0.1, 0.15) is 44.6 Å². The molecule has 0 aliphatic carbocycles. The number of halogens is 4. The molecule has 0 heterocycles. The van der Waals surface area contributed by atoms with Crippen molar-refractivity contribution in [2.24, 2.45) is 0 Å². The summed E-state index contributed by atoms with van der Waals surface area (Å²) in [6.07, 6.45) is 2.54. The van der Waals surface area contributed by atoms with E-state index in [1.54, 1.807) is 0 Å². The van der Waals surface area contributed by atoms with Crippen LogP contribution in [-0.2, 0) is 6.42 Å². The minimum atomic E-state index is -4.93. The summed E-state index contributed by atoms with van der Waals surface area (Å²) in [5.41, 5.74) is 4.62. The highest BCUT2D eigenvalue weighted by Gasteiger charge is 2.32. The number of fused-ring (bicyclic) bond motifs is 1. The maximum atomic E-state index is 14.1. The van der Waals surface area contributed by atoms with Crippen LogP contribution in [0.25, 0.3) is 33.0 Å². The Morgan fingerprint density at radius 3 is 1.86 bits per heavy atom. The summed E-state index contributed by atoms with van der Waals surface area (Å²) >= 11 is 0. The lowest BCUT2D eigenvalue weighted by Crippen LogP contribution is -2.17. The van der Waals surface area contributed by atoms with Crippen molar-refractivity contribution in [3.8, 4) is 28.0 Å². The summed E-state index contributed by atoms with van der Waals surface area (Å²) in [7, 11) is 0. The second-order valence-electron chi connectivity index (χ2n) is 8.83. The Labute approximate surface area is 203 Å². The molecule has 0 spiro atoms. The zero-order valence-electron chi connectivity index (χ0n) is 19.7. The molecular weight excluding hydrogens is 452 g/mol. The number of hydrogen-bond donors (Lipinski definition) is 0. The fraction of sp³-hybridized carbons (Fsp3) is 0.267. The molecule has 0 saturated heterocycles. The lowest BCUT2D eigenvalue weighted by Gasteiger charge is -2.11. The van der Waals surface area contributed by atoms with Gasteiger partial charge in [0.2, 0.25) is 0 Å². The van der Waals surface area contributed by atoms with Crippen molar-refractivity contribution in [3.05, 3.63) is 90.2 Å². The van der Waals surface area contributed by atoms with Crippen LogP contribution in [0.5, 0.6) is 5.75 Å². The average molecular weight is 481 g/mol. The van der Waals surface area contributed by atoms with Gasteiger partial charge in [-0.15, -0.1) is 13.2 Å². The highest BCUT2D eigenvalue weighted by atomic mass is 19.4. The van der Waals surface area contributed by atoms with Gasteiger partial charge in [-0.2, -0.15) is 0 Å². The molecule has 0 atom stereocenters. The average Bonchev–Trinajstić information content (AvgIpc) is 2.84. The Balaban J connectivity index is 1.46. The van der Waals surface area contributed by atoms with Crippen molar-refractivity contribution in [1.82, 2.24) is 0 Å². The molecule has 4 aromatic rings. The highest BCUT2D eigenvalue weighted by Crippen LogP contribution is 2.31. The number of rotatable bonds is 9. The molecule has 35 heavy (non-hydrogen) atoms. The smallest absolute Gasteiger partial charge is 0.403 e.